The van der Waals surface area contributed by atoms with Gasteiger partial charge in [0.15, 0.2) is 5.84 Å². The molecule has 2 aromatic heterocycles. The van der Waals surface area contributed by atoms with Crippen molar-refractivity contribution in [2.24, 2.45) is 9.98 Å². The number of para-hydroxylation sites is 1. The third-order valence-electron chi connectivity index (χ3n) is 10.6. The zero-order valence-corrected chi connectivity index (χ0v) is 29.1. The molecule has 1 atom stereocenters. The van der Waals surface area contributed by atoms with E-state index < -0.39 is 6.17 Å². The van der Waals surface area contributed by atoms with Gasteiger partial charge in [0.2, 0.25) is 5.88 Å². The van der Waals surface area contributed by atoms with Gasteiger partial charge in [-0.2, -0.15) is 0 Å². The zero-order chi connectivity index (χ0) is 35.6. The van der Waals surface area contributed by atoms with Crippen LogP contribution in [-0.4, -0.2) is 18.2 Å². The molecule has 2 aliphatic rings. The number of rotatable bonds is 5. The van der Waals surface area contributed by atoms with Crippen molar-refractivity contribution in [2.45, 2.75) is 6.17 Å². The lowest BCUT2D eigenvalue weighted by atomic mass is 9.92. The molecule has 2 aliphatic heterocycles. The lowest BCUT2D eigenvalue weighted by Crippen LogP contribution is -2.33. The zero-order valence-electron chi connectivity index (χ0n) is 29.1. The van der Waals surface area contributed by atoms with Crippen LogP contribution < -0.4 is 10.6 Å². The van der Waals surface area contributed by atoms with Gasteiger partial charge in [0, 0.05) is 39.4 Å². The SMILES string of the molecule is C1=Cc2c(oc3cccc(-c4cccc5c(C6=NC(c7cccc8oc9ccccc9c78)=NC(c7cccc(-c8ccccc8)c7)N6)cccc45)c23)NC1. The first-order chi connectivity index (χ1) is 26.8. The average molecular weight is 697 g/mol. The molecule has 0 amide bonds. The Morgan fingerprint density at radius 1 is 0.537 bits per heavy atom. The van der Waals surface area contributed by atoms with Crippen molar-refractivity contribution in [3.8, 4) is 22.3 Å². The highest BCUT2D eigenvalue weighted by atomic mass is 16.4. The van der Waals surface area contributed by atoms with Gasteiger partial charge in [0.25, 0.3) is 0 Å². The minimum atomic E-state index is -0.395. The Morgan fingerprint density at radius 2 is 1.20 bits per heavy atom. The minimum Gasteiger partial charge on any atom is -0.456 e. The van der Waals surface area contributed by atoms with Crippen LogP contribution in [0.2, 0.25) is 0 Å². The Labute approximate surface area is 310 Å². The van der Waals surface area contributed by atoms with Gasteiger partial charge >= 0.3 is 0 Å². The molecule has 0 saturated carbocycles. The molecule has 7 aromatic carbocycles. The normalized spacial score (nSPS) is 15.2. The van der Waals surface area contributed by atoms with Crippen molar-refractivity contribution in [1.82, 2.24) is 5.32 Å². The molecule has 0 aliphatic carbocycles. The van der Waals surface area contributed by atoms with Crippen LogP contribution in [-0.2, 0) is 0 Å². The summed E-state index contributed by atoms with van der Waals surface area (Å²) in [6, 6.07) is 52.7. The van der Waals surface area contributed by atoms with E-state index in [4.69, 9.17) is 18.8 Å². The summed E-state index contributed by atoms with van der Waals surface area (Å²) in [5.74, 6) is 2.23. The van der Waals surface area contributed by atoms with Crippen LogP contribution in [0.4, 0.5) is 5.88 Å². The maximum atomic E-state index is 6.31. The molecule has 6 heteroatoms. The number of anilines is 1. The van der Waals surface area contributed by atoms with Crippen LogP contribution in [0, 0.1) is 0 Å². The second kappa shape index (κ2) is 12.2. The Kier molecular flexibility index (Phi) is 6.89. The maximum absolute atomic E-state index is 6.31. The van der Waals surface area contributed by atoms with Gasteiger partial charge in [0.05, 0.1) is 0 Å². The third kappa shape index (κ3) is 4.88. The summed E-state index contributed by atoms with van der Waals surface area (Å²) < 4.78 is 12.6. The maximum Gasteiger partial charge on any atom is 0.201 e. The number of nitrogens with zero attached hydrogens (tertiary/aromatic N) is 2. The van der Waals surface area contributed by atoms with E-state index in [1.54, 1.807) is 0 Å². The largest absolute Gasteiger partial charge is 0.456 e. The topological polar surface area (TPSA) is 75.1 Å². The first kappa shape index (κ1) is 30.4. The molecule has 0 fully saturated rings. The van der Waals surface area contributed by atoms with Gasteiger partial charge in [0.1, 0.15) is 28.8 Å². The van der Waals surface area contributed by atoms with Gasteiger partial charge in [-0.25, -0.2) is 9.98 Å². The predicted molar refractivity (Wildman–Crippen MR) is 221 cm³/mol. The Balaban J connectivity index is 1.11. The van der Waals surface area contributed by atoms with E-state index >= 15 is 0 Å². The molecule has 0 spiro atoms. The summed E-state index contributed by atoms with van der Waals surface area (Å²) >= 11 is 0. The number of hydrogen-bond acceptors (Lipinski definition) is 6. The molecular weight excluding hydrogens is 665 g/mol. The first-order valence-electron chi connectivity index (χ1n) is 18.2. The summed E-state index contributed by atoms with van der Waals surface area (Å²) in [4.78, 5) is 10.7. The molecule has 0 bridgehead atoms. The summed E-state index contributed by atoms with van der Waals surface area (Å²) in [6.07, 6.45) is 3.91. The quantitative estimate of drug-likeness (QED) is 0.188. The van der Waals surface area contributed by atoms with Gasteiger partial charge in [-0.05, 0) is 62.9 Å². The smallest absolute Gasteiger partial charge is 0.201 e. The highest BCUT2D eigenvalue weighted by Gasteiger charge is 2.26. The van der Waals surface area contributed by atoms with Gasteiger partial charge in [-0.3, -0.25) is 0 Å². The highest BCUT2D eigenvalue weighted by molar-refractivity contribution is 6.24. The van der Waals surface area contributed by atoms with Crippen molar-refractivity contribution >= 4 is 67.3 Å². The summed E-state index contributed by atoms with van der Waals surface area (Å²) in [5.41, 5.74) is 11.1. The molecule has 1 unspecified atom stereocenters. The van der Waals surface area contributed by atoms with E-state index in [-0.39, 0.29) is 0 Å². The van der Waals surface area contributed by atoms with Gasteiger partial charge in [-0.15, -0.1) is 0 Å². The lowest BCUT2D eigenvalue weighted by molar-refractivity contribution is 0.628. The van der Waals surface area contributed by atoms with E-state index in [1.165, 1.54) is 0 Å². The summed E-state index contributed by atoms with van der Waals surface area (Å²) in [6.45, 7) is 0.753. The van der Waals surface area contributed by atoms with E-state index in [9.17, 15) is 0 Å². The van der Waals surface area contributed by atoms with Crippen LogP contribution in [0.3, 0.4) is 0 Å². The fraction of sp³-hybridized carbons (Fsp3) is 0.0417. The number of aliphatic imine (C=N–C) groups is 2. The standard InChI is InChI=1S/C48H32N4O2/c1-2-12-29(13-3-1)30-14-6-15-31(28-30)45-50-46(52-47(51-45)38-22-10-25-41-44(38)37-16-4-5-24-40(37)53-41)36-21-8-17-32-33(18-7-19-34(32)36)35-20-9-26-42-43(35)39-23-11-27-49-48(39)54-42/h1-26,28,45,49H,27H2,(H,50,51,52). The number of benzene rings is 7. The lowest BCUT2D eigenvalue weighted by Gasteiger charge is -2.25. The van der Waals surface area contributed by atoms with E-state index in [0.717, 1.165) is 106 Å². The van der Waals surface area contributed by atoms with Crippen LogP contribution >= 0.6 is 0 Å². The van der Waals surface area contributed by atoms with Crippen LogP contribution in [0.1, 0.15) is 28.4 Å². The number of hydrogen-bond donors (Lipinski definition) is 2. The van der Waals surface area contributed by atoms with Crippen molar-refractivity contribution in [3.63, 3.8) is 0 Å². The monoisotopic (exact) mass is 696 g/mol. The van der Waals surface area contributed by atoms with Crippen LogP contribution in [0.15, 0.2) is 177 Å². The molecule has 0 saturated heterocycles. The molecule has 11 rings (SSSR count). The molecule has 54 heavy (non-hydrogen) atoms. The van der Waals surface area contributed by atoms with E-state index in [1.807, 2.05) is 42.5 Å². The highest BCUT2D eigenvalue weighted by Crippen LogP contribution is 2.42. The molecule has 0 radical (unpaired) electrons. The number of nitrogens with one attached hydrogen (secondary N) is 2. The second-order valence-electron chi connectivity index (χ2n) is 13.7. The van der Waals surface area contributed by atoms with E-state index in [2.05, 4.69) is 132 Å². The van der Waals surface area contributed by atoms with Crippen LogP contribution in [0.5, 0.6) is 0 Å². The van der Waals surface area contributed by atoms with Crippen molar-refractivity contribution in [2.75, 3.05) is 11.9 Å². The molecule has 256 valence electrons. The fourth-order valence-corrected chi connectivity index (χ4v) is 8.12. The number of furan rings is 2. The third-order valence-corrected chi connectivity index (χ3v) is 10.6. The average Bonchev–Trinajstić information content (AvgIpc) is 3.82. The fourth-order valence-electron chi connectivity index (χ4n) is 8.12. The van der Waals surface area contributed by atoms with Crippen molar-refractivity contribution < 1.29 is 8.83 Å². The van der Waals surface area contributed by atoms with E-state index in [0.29, 0.717) is 5.84 Å². The Hall–Kier alpha value is -7.18. The van der Waals surface area contributed by atoms with Crippen LogP contribution in [0.25, 0.3) is 72.0 Å². The van der Waals surface area contributed by atoms with Crippen molar-refractivity contribution in [3.05, 3.63) is 180 Å². The van der Waals surface area contributed by atoms with Gasteiger partial charge < -0.3 is 19.5 Å². The predicted octanol–water partition coefficient (Wildman–Crippen LogP) is 11.8. The Morgan fingerprint density at radius 3 is 2.09 bits per heavy atom. The molecule has 9 aromatic rings. The molecule has 2 N–H and O–H groups in total. The molecule has 4 heterocycles. The second-order valence-corrected chi connectivity index (χ2v) is 13.7. The summed E-state index contributed by atoms with van der Waals surface area (Å²) in [7, 11) is 0. The molecular formula is C48H32N4O2. The summed E-state index contributed by atoms with van der Waals surface area (Å²) in [5, 5.41) is 12.5. The van der Waals surface area contributed by atoms with Gasteiger partial charge in [-0.1, -0.05) is 140 Å². The number of amidine groups is 2. The number of fused-ring (bicyclic) bond motifs is 7. The minimum absolute atomic E-state index is 0.395. The first-order valence-corrected chi connectivity index (χ1v) is 18.2. The van der Waals surface area contributed by atoms with Crippen molar-refractivity contribution in [1.29, 1.82) is 0 Å². The molecule has 6 nitrogen and oxygen atoms in total. The Bertz CT molecular complexity index is 3040.